The molecule has 2 aromatic rings. The summed E-state index contributed by atoms with van der Waals surface area (Å²) in [6, 6.07) is 9.84. The molecule has 2 amide bonds. The minimum atomic E-state index is -1.10. The normalized spacial score (nSPS) is 15.4. The summed E-state index contributed by atoms with van der Waals surface area (Å²) in [5, 5.41) is 2.01. The number of anilines is 1. The van der Waals surface area contributed by atoms with E-state index in [1.54, 1.807) is 56.1 Å². The number of hydrogen-bond donors (Lipinski definition) is 1. The average molecular weight is 436 g/mol. The van der Waals surface area contributed by atoms with Gasteiger partial charge >= 0.3 is 6.09 Å². The predicted octanol–water partition coefficient (Wildman–Crippen LogP) is 4.50. The molecule has 0 saturated heterocycles. The second-order valence-corrected chi connectivity index (χ2v) is 8.65. The van der Waals surface area contributed by atoms with Crippen molar-refractivity contribution in [3.63, 3.8) is 0 Å². The quantitative estimate of drug-likeness (QED) is 0.717. The summed E-state index contributed by atoms with van der Waals surface area (Å²) in [7, 11) is 0. The minimum Gasteiger partial charge on any atom is -0.444 e. The zero-order valence-electron chi connectivity index (χ0n) is 16.5. The predicted molar refractivity (Wildman–Crippen MR) is 113 cm³/mol. The van der Waals surface area contributed by atoms with Crippen molar-refractivity contribution in [2.75, 3.05) is 11.4 Å². The number of aromatic nitrogens is 1. The van der Waals surface area contributed by atoms with E-state index in [0.717, 1.165) is 5.56 Å². The van der Waals surface area contributed by atoms with Crippen LogP contribution in [0.25, 0.3) is 0 Å². The molecule has 0 saturated carbocycles. The monoisotopic (exact) mass is 435 g/mol. The lowest BCUT2D eigenvalue weighted by atomic mass is 10.0. The summed E-state index contributed by atoms with van der Waals surface area (Å²) in [6.45, 7) is 5.75. The number of fused-ring (bicyclic) bond motifs is 1. The van der Waals surface area contributed by atoms with E-state index in [4.69, 9.17) is 27.9 Å². The Morgan fingerprint density at radius 2 is 1.93 bits per heavy atom. The Labute approximate surface area is 180 Å². The molecule has 0 aliphatic carbocycles. The number of carbonyl (C=O) groups excluding carboxylic acids is 2. The van der Waals surface area contributed by atoms with Gasteiger partial charge in [0, 0.05) is 17.8 Å². The number of hydrogen-bond acceptors (Lipinski definition) is 4. The molecular weight excluding hydrogens is 413 g/mol. The van der Waals surface area contributed by atoms with Crippen molar-refractivity contribution in [1.82, 2.24) is 10.3 Å². The molecule has 1 aliphatic rings. The highest BCUT2D eigenvalue weighted by Crippen LogP contribution is 2.32. The third-order valence-corrected chi connectivity index (χ3v) is 5.22. The molecule has 6 nitrogen and oxygen atoms in total. The summed E-state index contributed by atoms with van der Waals surface area (Å²) in [5.74, 6) is 0.239. The maximum absolute atomic E-state index is 13.2. The second-order valence-electron chi connectivity index (χ2n) is 7.77. The van der Waals surface area contributed by atoms with E-state index in [-0.39, 0.29) is 5.91 Å². The van der Waals surface area contributed by atoms with Crippen LogP contribution in [-0.2, 0) is 16.0 Å². The first-order chi connectivity index (χ1) is 13.7. The molecule has 2 heterocycles. The fraction of sp³-hybridized carbons (Fsp3) is 0.381. The molecule has 2 atom stereocenters. The van der Waals surface area contributed by atoms with Gasteiger partial charge in [-0.25, -0.2) is 9.78 Å². The fourth-order valence-electron chi connectivity index (χ4n) is 3.18. The van der Waals surface area contributed by atoms with Crippen molar-refractivity contribution in [3.8, 4) is 0 Å². The lowest BCUT2D eigenvalue weighted by Gasteiger charge is -2.28. The van der Waals surface area contributed by atoms with Crippen molar-refractivity contribution in [2.24, 2.45) is 0 Å². The van der Waals surface area contributed by atoms with E-state index in [1.807, 2.05) is 12.1 Å². The summed E-state index contributed by atoms with van der Waals surface area (Å²) in [4.78, 5) is 31.5. The molecular formula is C21H23Cl2N3O3. The van der Waals surface area contributed by atoms with Crippen molar-refractivity contribution in [2.45, 2.75) is 44.2 Å². The van der Waals surface area contributed by atoms with E-state index < -0.39 is 23.1 Å². The standard InChI is InChI=1S/C21H23Cl2N3O3/c1-21(2,3)29-20(28)25-17(14-8-4-5-9-15(14)22)16(23)19(27)26-12-10-13-7-6-11-24-18(13)26/h4-9,11,16-17H,10,12H2,1-3H3,(H,25,28)/t16-,17-/m1/s1. The number of amides is 2. The van der Waals surface area contributed by atoms with Gasteiger partial charge < -0.3 is 10.1 Å². The fourth-order valence-corrected chi connectivity index (χ4v) is 3.75. The van der Waals surface area contributed by atoms with Crippen LogP contribution in [0.3, 0.4) is 0 Å². The van der Waals surface area contributed by atoms with Crippen LogP contribution < -0.4 is 10.2 Å². The van der Waals surface area contributed by atoms with Crippen molar-refractivity contribution in [3.05, 3.63) is 58.7 Å². The molecule has 3 rings (SSSR count). The van der Waals surface area contributed by atoms with E-state index in [0.29, 0.717) is 29.4 Å². The lowest BCUT2D eigenvalue weighted by Crippen LogP contribution is -2.45. The number of nitrogens with one attached hydrogen (secondary N) is 1. The van der Waals surface area contributed by atoms with Crippen LogP contribution in [0.1, 0.15) is 37.9 Å². The zero-order chi connectivity index (χ0) is 21.2. The highest BCUT2D eigenvalue weighted by Gasteiger charge is 2.37. The molecule has 29 heavy (non-hydrogen) atoms. The van der Waals surface area contributed by atoms with E-state index >= 15 is 0 Å². The molecule has 0 fully saturated rings. The van der Waals surface area contributed by atoms with Gasteiger partial charge in [-0.15, -0.1) is 11.6 Å². The summed E-state index contributed by atoms with van der Waals surface area (Å²) in [5.41, 5.74) is 0.826. The number of rotatable bonds is 4. The van der Waals surface area contributed by atoms with Gasteiger partial charge in [0.05, 0.1) is 6.04 Å². The van der Waals surface area contributed by atoms with E-state index in [2.05, 4.69) is 10.3 Å². The Kier molecular flexibility index (Phi) is 6.34. The van der Waals surface area contributed by atoms with Crippen LogP contribution in [0.15, 0.2) is 42.6 Å². The minimum absolute atomic E-state index is 0.356. The second kappa shape index (κ2) is 8.59. The molecule has 0 bridgehead atoms. The van der Waals surface area contributed by atoms with E-state index in [1.165, 1.54) is 0 Å². The first-order valence-corrected chi connectivity index (χ1v) is 10.1. The van der Waals surface area contributed by atoms with Gasteiger partial charge in [-0.1, -0.05) is 35.9 Å². The van der Waals surface area contributed by atoms with Crippen LogP contribution in [-0.4, -0.2) is 34.5 Å². The van der Waals surface area contributed by atoms with Gasteiger partial charge in [-0.05, 0) is 50.5 Å². The summed E-state index contributed by atoms with van der Waals surface area (Å²) in [6.07, 6.45) is 1.66. The van der Waals surface area contributed by atoms with Gasteiger partial charge in [-0.3, -0.25) is 9.69 Å². The van der Waals surface area contributed by atoms with Gasteiger partial charge in [-0.2, -0.15) is 0 Å². The van der Waals surface area contributed by atoms with Crippen LogP contribution >= 0.6 is 23.2 Å². The molecule has 1 N–H and O–H groups in total. The maximum Gasteiger partial charge on any atom is 0.408 e. The van der Waals surface area contributed by atoms with Gasteiger partial charge in [0.25, 0.3) is 0 Å². The summed E-state index contributed by atoms with van der Waals surface area (Å²) < 4.78 is 5.35. The number of carbonyl (C=O) groups is 2. The molecule has 0 spiro atoms. The zero-order valence-corrected chi connectivity index (χ0v) is 18.0. The number of ether oxygens (including phenoxy) is 1. The lowest BCUT2D eigenvalue weighted by molar-refractivity contribution is -0.118. The average Bonchev–Trinajstić information content (AvgIpc) is 3.08. The molecule has 8 heteroatoms. The molecule has 0 unspecified atom stereocenters. The Morgan fingerprint density at radius 1 is 1.21 bits per heavy atom. The van der Waals surface area contributed by atoms with E-state index in [9.17, 15) is 9.59 Å². The first-order valence-electron chi connectivity index (χ1n) is 9.30. The molecule has 1 aliphatic heterocycles. The number of benzene rings is 1. The van der Waals surface area contributed by atoms with Crippen LogP contribution in [0.5, 0.6) is 0 Å². The van der Waals surface area contributed by atoms with Gasteiger partial charge in [0.15, 0.2) is 0 Å². The number of nitrogens with zero attached hydrogens (tertiary/aromatic N) is 2. The third-order valence-electron chi connectivity index (χ3n) is 4.44. The molecule has 154 valence electrons. The van der Waals surface area contributed by atoms with Crippen LogP contribution in [0.4, 0.5) is 10.6 Å². The molecule has 1 aromatic heterocycles. The van der Waals surface area contributed by atoms with Crippen LogP contribution in [0, 0.1) is 0 Å². The highest BCUT2D eigenvalue weighted by atomic mass is 35.5. The number of alkyl carbamates (subject to hydrolysis) is 1. The number of alkyl halides is 1. The smallest absolute Gasteiger partial charge is 0.408 e. The first kappa shape index (κ1) is 21.4. The van der Waals surface area contributed by atoms with Crippen molar-refractivity contribution in [1.29, 1.82) is 0 Å². The van der Waals surface area contributed by atoms with Crippen molar-refractivity contribution >= 4 is 41.0 Å². The largest absolute Gasteiger partial charge is 0.444 e. The number of pyridine rings is 1. The van der Waals surface area contributed by atoms with Crippen LogP contribution in [0.2, 0.25) is 5.02 Å². The topological polar surface area (TPSA) is 71.5 Å². The Bertz CT molecular complexity index is 914. The Balaban J connectivity index is 1.88. The van der Waals surface area contributed by atoms with Gasteiger partial charge in [0.1, 0.15) is 16.8 Å². The third kappa shape index (κ3) is 5.00. The maximum atomic E-state index is 13.2. The van der Waals surface area contributed by atoms with Crippen molar-refractivity contribution < 1.29 is 14.3 Å². The van der Waals surface area contributed by atoms with Gasteiger partial charge in [0.2, 0.25) is 5.91 Å². The molecule has 1 aromatic carbocycles. The Morgan fingerprint density at radius 3 is 2.62 bits per heavy atom. The highest BCUT2D eigenvalue weighted by molar-refractivity contribution is 6.34. The molecule has 0 radical (unpaired) electrons. The number of halogens is 2. The SMILES string of the molecule is CC(C)(C)OC(=O)N[C@H](c1ccccc1Cl)[C@@H](Cl)C(=O)N1CCc2cccnc21. The Hall–Kier alpha value is -2.31. The summed E-state index contributed by atoms with van der Waals surface area (Å²) >= 11 is 13.0.